The van der Waals surface area contributed by atoms with Crippen molar-refractivity contribution in [2.45, 2.75) is 30.8 Å². The van der Waals surface area contributed by atoms with Crippen molar-refractivity contribution in [2.75, 3.05) is 6.54 Å². The van der Waals surface area contributed by atoms with E-state index >= 15 is 0 Å². The minimum Gasteiger partial charge on any atom is -0.480 e. The maximum atomic E-state index is 12.6. The Morgan fingerprint density at radius 1 is 1.26 bits per heavy atom. The number of alkyl halides is 3. The first-order chi connectivity index (χ1) is 14.4. The van der Waals surface area contributed by atoms with E-state index in [1.165, 1.54) is 12.1 Å². The van der Waals surface area contributed by atoms with E-state index in [4.69, 9.17) is 5.73 Å². The summed E-state index contributed by atoms with van der Waals surface area (Å²) in [6.45, 7) is 0.0264. The molecule has 0 saturated carbocycles. The van der Waals surface area contributed by atoms with Crippen LogP contribution in [0.5, 0.6) is 5.75 Å². The smallest absolute Gasteiger partial charge is 0.480 e. The lowest BCUT2D eigenvalue weighted by Crippen LogP contribution is -2.55. The molecule has 4 atom stereocenters. The van der Waals surface area contributed by atoms with Crippen molar-refractivity contribution in [3.63, 3.8) is 0 Å². The average molecular weight is 444 g/mol. The van der Waals surface area contributed by atoms with E-state index in [0.29, 0.717) is 0 Å². The summed E-state index contributed by atoms with van der Waals surface area (Å²) >= 11 is 0. The fourth-order valence-corrected chi connectivity index (χ4v) is 4.23. The van der Waals surface area contributed by atoms with Crippen LogP contribution in [0.1, 0.15) is 24.4 Å². The zero-order valence-corrected chi connectivity index (χ0v) is 15.9. The molecule has 3 rings (SSSR count). The van der Waals surface area contributed by atoms with Gasteiger partial charge in [-0.1, -0.05) is 12.1 Å². The molecule has 2 heterocycles. The fraction of sp³-hybridized carbons (Fsp3) is 0.444. The van der Waals surface area contributed by atoms with Crippen LogP contribution in [0.25, 0.3) is 0 Å². The first-order valence-corrected chi connectivity index (χ1v) is 9.19. The van der Waals surface area contributed by atoms with Crippen molar-refractivity contribution in [1.82, 2.24) is 16.0 Å². The van der Waals surface area contributed by atoms with Gasteiger partial charge in [0.2, 0.25) is 11.8 Å². The van der Waals surface area contributed by atoms with E-state index in [9.17, 15) is 37.5 Å². The highest BCUT2D eigenvalue weighted by Crippen LogP contribution is 2.48. The Labute approximate surface area is 173 Å². The van der Waals surface area contributed by atoms with Crippen LogP contribution in [0.15, 0.2) is 24.3 Å². The molecule has 2 fully saturated rings. The Kier molecular flexibility index (Phi) is 5.81. The molecule has 13 heteroatoms. The molecule has 10 nitrogen and oxygen atoms in total. The quantitative estimate of drug-likeness (QED) is 0.300. The Balaban J connectivity index is 1.95. The SMILES string of the molecule is NC(=O)NCCCC1(C(=O)O)NC(c2cccc(OC(F)(F)F)c2)C2C(=O)NC(=O)C21. The molecule has 0 bridgehead atoms. The molecule has 1 aromatic carbocycles. The number of fused-ring (bicyclic) bond motifs is 1. The number of hydrogen-bond acceptors (Lipinski definition) is 6. The van der Waals surface area contributed by atoms with Crippen LogP contribution < -0.4 is 26.4 Å². The number of imide groups is 1. The van der Waals surface area contributed by atoms with E-state index in [-0.39, 0.29) is 24.9 Å². The Morgan fingerprint density at radius 2 is 1.97 bits per heavy atom. The van der Waals surface area contributed by atoms with Gasteiger partial charge < -0.3 is 20.9 Å². The van der Waals surface area contributed by atoms with Gasteiger partial charge in [-0.25, -0.2) is 4.79 Å². The number of benzene rings is 1. The Morgan fingerprint density at radius 3 is 2.58 bits per heavy atom. The number of primary amides is 1. The summed E-state index contributed by atoms with van der Waals surface area (Å²) < 4.78 is 41.6. The Bertz CT molecular complexity index is 924. The fourth-order valence-electron chi connectivity index (χ4n) is 4.23. The van der Waals surface area contributed by atoms with E-state index in [2.05, 4.69) is 20.7 Å². The number of halogens is 3. The zero-order valence-electron chi connectivity index (χ0n) is 15.9. The first-order valence-electron chi connectivity index (χ1n) is 9.19. The standard InChI is InChI=1S/C18H19F3N4O6/c19-18(20,21)31-9-4-1-3-8(7-9)12-10-11(14(27)24-13(10)26)17(25-12,15(28)29)5-2-6-23-16(22)30/h1,3-4,7,10-12,25H,2,5-6H2,(H,28,29)(H3,22,23,30)(H,24,26,27). The van der Waals surface area contributed by atoms with Gasteiger partial charge in [-0.3, -0.25) is 25.0 Å². The molecule has 2 aliphatic heterocycles. The molecule has 31 heavy (non-hydrogen) atoms. The van der Waals surface area contributed by atoms with Gasteiger partial charge >= 0.3 is 18.4 Å². The van der Waals surface area contributed by atoms with Crippen molar-refractivity contribution in [3.8, 4) is 5.75 Å². The second-order valence-electron chi connectivity index (χ2n) is 7.27. The maximum Gasteiger partial charge on any atom is 0.573 e. The average Bonchev–Trinajstić information content (AvgIpc) is 3.15. The minimum absolute atomic E-state index is 0.0264. The number of rotatable bonds is 7. The van der Waals surface area contributed by atoms with Crippen LogP contribution >= 0.6 is 0 Å². The van der Waals surface area contributed by atoms with Gasteiger partial charge in [-0.2, -0.15) is 0 Å². The molecule has 4 amide bonds. The molecule has 0 aromatic heterocycles. The van der Waals surface area contributed by atoms with Crippen molar-refractivity contribution >= 4 is 23.8 Å². The number of carboxylic acid groups (broad SMARTS) is 1. The summed E-state index contributed by atoms with van der Waals surface area (Å²) in [6.07, 6.45) is -4.99. The number of nitrogens with two attached hydrogens (primary N) is 1. The van der Waals surface area contributed by atoms with Crippen LogP contribution in [-0.4, -0.2) is 47.4 Å². The van der Waals surface area contributed by atoms with Gasteiger partial charge in [-0.05, 0) is 30.5 Å². The van der Waals surface area contributed by atoms with Gasteiger partial charge in [0, 0.05) is 12.6 Å². The van der Waals surface area contributed by atoms with E-state index in [1.54, 1.807) is 0 Å². The number of hydrogen-bond donors (Lipinski definition) is 5. The van der Waals surface area contributed by atoms with Crippen molar-refractivity contribution in [2.24, 2.45) is 17.6 Å². The number of carbonyl (C=O) groups is 4. The highest BCUT2D eigenvalue weighted by molar-refractivity contribution is 6.09. The maximum absolute atomic E-state index is 12.6. The van der Waals surface area contributed by atoms with Crippen LogP contribution in [0.2, 0.25) is 0 Å². The second kappa shape index (κ2) is 8.06. The van der Waals surface area contributed by atoms with Gasteiger partial charge in [-0.15, -0.1) is 13.2 Å². The summed E-state index contributed by atoms with van der Waals surface area (Å²) in [6, 6.07) is 2.89. The molecule has 1 aromatic rings. The van der Waals surface area contributed by atoms with E-state index in [0.717, 1.165) is 12.1 Å². The molecule has 2 saturated heterocycles. The van der Waals surface area contributed by atoms with E-state index < -0.39 is 59.3 Å². The van der Waals surface area contributed by atoms with Crippen molar-refractivity contribution < 1.29 is 42.2 Å². The second-order valence-corrected chi connectivity index (χ2v) is 7.27. The lowest BCUT2D eigenvalue weighted by Gasteiger charge is -2.30. The molecule has 6 N–H and O–H groups in total. The van der Waals surface area contributed by atoms with Gasteiger partial charge in [0.25, 0.3) is 0 Å². The summed E-state index contributed by atoms with van der Waals surface area (Å²) in [7, 11) is 0. The number of ether oxygens (including phenoxy) is 1. The van der Waals surface area contributed by atoms with E-state index in [1.807, 2.05) is 0 Å². The monoisotopic (exact) mass is 444 g/mol. The number of amides is 4. The van der Waals surface area contributed by atoms with Gasteiger partial charge in [0.1, 0.15) is 11.3 Å². The third-order valence-corrected chi connectivity index (χ3v) is 5.37. The van der Waals surface area contributed by atoms with Crippen LogP contribution in [0.4, 0.5) is 18.0 Å². The molecule has 168 valence electrons. The summed E-state index contributed by atoms with van der Waals surface area (Å²) in [5.41, 5.74) is 3.25. The van der Waals surface area contributed by atoms with Crippen molar-refractivity contribution in [1.29, 1.82) is 0 Å². The Hall–Kier alpha value is -3.35. The third kappa shape index (κ3) is 4.40. The lowest BCUT2D eigenvalue weighted by molar-refractivity contribution is -0.274. The predicted octanol–water partition coefficient (Wildman–Crippen LogP) is 0.390. The third-order valence-electron chi connectivity index (χ3n) is 5.37. The first kappa shape index (κ1) is 22.3. The summed E-state index contributed by atoms with van der Waals surface area (Å²) in [5.74, 6) is -5.94. The predicted molar refractivity (Wildman–Crippen MR) is 96.3 cm³/mol. The van der Waals surface area contributed by atoms with Crippen molar-refractivity contribution in [3.05, 3.63) is 29.8 Å². The largest absolute Gasteiger partial charge is 0.573 e. The van der Waals surface area contributed by atoms with Crippen LogP contribution in [-0.2, 0) is 14.4 Å². The molecule has 0 radical (unpaired) electrons. The normalized spacial score (nSPS) is 27.5. The number of urea groups is 1. The summed E-state index contributed by atoms with van der Waals surface area (Å²) in [5, 5.41) is 17.2. The van der Waals surface area contributed by atoms with Crippen LogP contribution in [0.3, 0.4) is 0 Å². The molecule has 0 spiro atoms. The zero-order chi connectivity index (χ0) is 23.0. The summed E-state index contributed by atoms with van der Waals surface area (Å²) in [4.78, 5) is 48.0. The minimum atomic E-state index is -4.94. The van der Waals surface area contributed by atoms with Gasteiger partial charge in [0.05, 0.1) is 11.8 Å². The molecule has 2 aliphatic rings. The highest BCUT2D eigenvalue weighted by Gasteiger charge is 2.66. The molecule has 0 aliphatic carbocycles. The van der Waals surface area contributed by atoms with Gasteiger partial charge in [0.15, 0.2) is 0 Å². The lowest BCUT2D eigenvalue weighted by atomic mass is 9.77. The number of aliphatic carboxylic acids is 1. The molecule has 4 unspecified atom stereocenters. The molecular weight excluding hydrogens is 425 g/mol. The molecular formula is C18H19F3N4O6. The topological polar surface area (TPSA) is 160 Å². The number of carboxylic acids is 1. The van der Waals surface area contributed by atoms with Crippen LogP contribution in [0, 0.1) is 11.8 Å². The number of carbonyl (C=O) groups excluding carboxylic acids is 3. The number of nitrogens with one attached hydrogen (secondary N) is 3. The highest BCUT2D eigenvalue weighted by atomic mass is 19.4.